The van der Waals surface area contributed by atoms with Crippen LogP contribution in [-0.4, -0.2) is 41.5 Å². The molecule has 3 aliphatic rings. The molecule has 2 N–H and O–H groups in total. The molecule has 33 heavy (non-hydrogen) atoms. The summed E-state index contributed by atoms with van der Waals surface area (Å²) in [6, 6.07) is 13.7. The van der Waals surface area contributed by atoms with Gasteiger partial charge < -0.3 is 10.2 Å². The predicted molar refractivity (Wildman–Crippen MR) is 127 cm³/mol. The molecule has 0 aliphatic carbocycles. The lowest BCUT2D eigenvalue weighted by molar-refractivity contribution is -0.132. The monoisotopic (exact) mass is 510 g/mol. The minimum Gasteiger partial charge on any atom is -0.326 e. The Balaban J connectivity index is 1.58. The van der Waals surface area contributed by atoms with Crippen molar-refractivity contribution in [3.05, 3.63) is 54.1 Å². The molecule has 2 saturated heterocycles. The molecule has 170 valence electrons. The van der Waals surface area contributed by atoms with Gasteiger partial charge in [-0.05, 0) is 37.3 Å². The second-order valence-electron chi connectivity index (χ2n) is 8.65. The van der Waals surface area contributed by atoms with E-state index in [2.05, 4.69) is 26.6 Å². The van der Waals surface area contributed by atoms with Crippen LogP contribution in [0.4, 0.5) is 17.1 Å². The zero-order chi connectivity index (χ0) is 23.5. The fourth-order valence-electron chi connectivity index (χ4n) is 5.57. The highest BCUT2D eigenvalue weighted by Crippen LogP contribution is 2.54. The first-order valence-electron chi connectivity index (χ1n) is 10.8. The molecule has 0 radical (unpaired) electrons. The summed E-state index contributed by atoms with van der Waals surface area (Å²) in [6.45, 7) is 3.72. The molecule has 5 rings (SSSR count). The maximum absolute atomic E-state index is 13.8. The van der Waals surface area contributed by atoms with E-state index in [1.807, 2.05) is 31.2 Å². The number of benzene rings is 2. The zero-order valence-electron chi connectivity index (χ0n) is 18.2. The molecule has 4 unspecified atom stereocenters. The second kappa shape index (κ2) is 7.78. The summed E-state index contributed by atoms with van der Waals surface area (Å²) in [4.78, 5) is 55.3. The maximum Gasteiger partial charge on any atom is 0.252 e. The van der Waals surface area contributed by atoms with Crippen LogP contribution in [0.5, 0.6) is 0 Å². The van der Waals surface area contributed by atoms with E-state index in [0.29, 0.717) is 23.2 Å². The minimum atomic E-state index is -1.28. The Labute approximate surface area is 199 Å². The number of fused-ring (bicyclic) bond motifs is 4. The van der Waals surface area contributed by atoms with Gasteiger partial charge in [0.25, 0.3) is 5.91 Å². The summed E-state index contributed by atoms with van der Waals surface area (Å²) in [7, 11) is 0. The number of rotatable bonds is 4. The lowest BCUT2D eigenvalue weighted by atomic mass is 9.76. The number of imide groups is 1. The van der Waals surface area contributed by atoms with Gasteiger partial charge in [-0.3, -0.25) is 24.5 Å². The number of halogens is 1. The molecule has 8 nitrogen and oxygen atoms in total. The van der Waals surface area contributed by atoms with E-state index in [4.69, 9.17) is 0 Å². The molecule has 0 aromatic heterocycles. The average Bonchev–Trinajstić information content (AvgIpc) is 3.33. The molecule has 1 spiro atoms. The van der Waals surface area contributed by atoms with Crippen molar-refractivity contribution >= 4 is 56.6 Å². The molecule has 4 atom stereocenters. The van der Waals surface area contributed by atoms with Crippen molar-refractivity contribution in [3.63, 3.8) is 0 Å². The van der Waals surface area contributed by atoms with Crippen LogP contribution in [0.3, 0.4) is 0 Å². The Bertz CT molecular complexity index is 1180. The summed E-state index contributed by atoms with van der Waals surface area (Å²) >= 11 is 3.42. The van der Waals surface area contributed by atoms with Crippen molar-refractivity contribution in [1.82, 2.24) is 5.32 Å². The molecule has 2 aromatic rings. The van der Waals surface area contributed by atoms with Crippen LogP contribution in [0.2, 0.25) is 0 Å². The Hall–Kier alpha value is -3.04. The molecule has 3 aliphatic heterocycles. The molecular formula is C24H23BrN4O4. The van der Waals surface area contributed by atoms with Crippen molar-refractivity contribution in [2.45, 2.75) is 25.4 Å². The van der Waals surface area contributed by atoms with Gasteiger partial charge in [0, 0.05) is 41.8 Å². The van der Waals surface area contributed by atoms with Crippen LogP contribution in [0.1, 0.15) is 19.4 Å². The molecule has 3 heterocycles. The number of nitrogens with one attached hydrogen (secondary N) is 2. The van der Waals surface area contributed by atoms with E-state index >= 15 is 0 Å². The number of hydrogen-bond acceptors (Lipinski definition) is 5. The molecule has 4 amide bonds. The highest BCUT2D eigenvalue weighted by molar-refractivity contribution is 9.09. The first-order chi connectivity index (χ1) is 15.8. The molecular weight excluding hydrogens is 488 g/mol. The standard InChI is InChI=1S/C24H23BrN4O4/c1-13-19-20(22(32)29(21(19)31)16-9-7-15(8-10-16)26-14(2)30)24(27-13)17-5-3-4-6-18(17)28(12-11-25)23(24)33/h3-10,13,19-20,27H,11-12H2,1-2H3,(H,26,30). The van der Waals surface area contributed by atoms with Crippen molar-refractivity contribution in [2.24, 2.45) is 11.8 Å². The number of para-hydroxylation sites is 1. The first-order valence-corrected chi connectivity index (χ1v) is 11.9. The highest BCUT2D eigenvalue weighted by Gasteiger charge is 2.70. The Morgan fingerprint density at radius 2 is 1.79 bits per heavy atom. The summed E-state index contributed by atoms with van der Waals surface area (Å²) in [5, 5.41) is 6.63. The van der Waals surface area contributed by atoms with Crippen molar-refractivity contribution in [3.8, 4) is 0 Å². The summed E-state index contributed by atoms with van der Waals surface area (Å²) in [5.74, 6) is -2.63. The lowest BCUT2D eigenvalue weighted by Crippen LogP contribution is -2.55. The van der Waals surface area contributed by atoms with Crippen molar-refractivity contribution < 1.29 is 19.2 Å². The largest absolute Gasteiger partial charge is 0.326 e. The van der Waals surface area contributed by atoms with Gasteiger partial charge in [-0.1, -0.05) is 34.1 Å². The Kier molecular flexibility index (Phi) is 5.13. The lowest BCUT2D eigenvalue weighted by Gasteiger charge is -2.30. The summed E-state index contributed by atoms with van der Waals surface area (Å²) in [5.41, 5.74) is 1.22. The normalized spacial score (nSPS) is 28.0. The smallest absolute Gasteiger partial charge is 0.252 e. The van der Waals surface area contributed by atoms with Gasteiger partial charge >= 0.3 is 0 Å². The van der Waals surface area contributed by atoms with Gasteiger partial charge in [0.2, 0.25) is 17.7 Å². The van der Waals surface area contributed by atoms with Gasteiger partial charge in [-0.25, -0.2) is 4.90 Å². The van der Waals surface area contributed by atoms with E-state index in [0.717, 1.165) is 11.3 Å². The van der Waals surface area contributed by atoms with Crippen LogP contribution >= 0.6 is 15.9 Å². The quantitative estimate of drug-likeness (QED) is 0.486. The number of carbonyl (C=O) groups is 4. The highest BCUT2D eigenvalue weighted by atomic mass is 79.9. The average molecular weight is 511 g/mol. The number of nitrogens with zero attached hydrogens (tertiary/aromatic N) is 2. The molecule has 0 saturated carbocycles. The van der Waals surface area contributed by atoms with E-state index in [9.17, 15) is 19.2 Å². The Morgan fingerprint density at radius 1 is 1.09 bits per heavy atom. The fourth-order valence-corrected chi connectivity index (χ4v) is 5.92. The zero-order valence-corrected chi connectivity index (χ0v) is 19.8. The number of alkyl halides is 1. The molecule has 2 aromatic carbocycles. The number of anilines is 3. The van der Waals surface area contributed by atoms with Crippen molar-refractivity contribution in [1.29, 1.82) is 0 Å². The predicted octanol–water partition coefficient (Wildman–Crippen LogP) is 2.38. The van der Waals surface area contributed by atoms with Crippen LogP contribution in [0, 0.1) is 11.8 Å². The van der Waals surface area contributed by atoms with Crippen LogP contribution in [-0.2, 0) is 24.7 Å². The summed E-state index contributed by atoms with van der Waals surface area (Å²) < 4.78 is 0. The van der Waals surface area contributed by atoms with Gasteiger partial charge in [-0.15, -0.1) is 0 Å². The van der Waals surface area contributed by atoms with Crippen molar-refractivity contribution in [2.75, 3.05) is 27.0 Å². The maximum atomic E-state index is 13.8. The Morgan fingerprint density at radius 3 is 2.45 bits per heavy atom. The fraction of sp³-hybridized carbons (Fsp3) is 0.333. The molecule has 0 bridgehead atoms. The van der Waals surface area contributed by atoms with Crippen LogP contribution in [0.15, 0.2) is 48.5 Å². The summed E-state index contributed by atoms with van der Waals surface area (Å²) in [6.07, 6.45) is 0. The first kappa shape index (κ1) is 21.8. The number of hydrogen-bond donors (Lipinski definition) is 2. The second-order valence-corrected chi connectivity index (χ2v) is 9.44. The third kappa shape index (κ3) is 2.99. The minimum absolute atomic E-state index is 0.202. The van der Waals surface area contributed by atoms with Gasteiger partial charge in [0.05, 0.1) is 17.5 Å². The van der Waals surface area contributed by atoms with Crippen LogP contribution < -0.4 is 20.4 Å². The van der Waals surface area contributed by atoms with Gasteiger partial charge in [-0.2, -0.15) is 0 Å². The van der Waals surface area contributed by atoms with E-state index < -0.39 is 23.3 Å². The SMILES string of the molecule is CC(=O)Nc1ccc(N2C(=O)C3C(C)NC4(C(=O)N(CCBr)c5ccccc54)C3C2=O)cc1. The van der Waals surface area contributed by atoms with Gasteiger partial charge in [0.1, 0.15) is 5.54 Å². The van der Waals surface area contributed by atoms with E-state index in [1.165, 1.54) is 11.8 Å². The number of amides is 4. The van der Waals surface area contributed by atoms with E-state index in [-0.39, 0.29) is 23.8 Å². The molecule has 2 fully saturated rings. The molecule has 9 heteroatoms. The van der Waals surface area contributed by atoms with Gasteiger partial charge in [0.15, 0.2) is 0 Å². The number of carbonyl (C=O) groups excluding carboxylic acids is 4. The third-order valence-electron chi connectivity index (χ3n) is 6.77. The van der Waals surface area contributed by atoms with Crippen LogP contribution in [0.25, 0.3) is 0 Å². The third-order valence-corrected chi connectivity index (χ3v) is 7.12. The van der Waals surface area contributed by atoms with E-state index in [1.54, 1.807) is 29.2 Å². The topological polar surface area (TPSA) is 98.8 Å².